The third kappa shape index (κ3) is 2.57. The van der Waals surface area contributed by atoms with Crippen LogP contribution in [0, 0.1) is 11.8 Å². The first kappa shape index (κ1) is 17.1. The normalized spacial score (nSPS) is 36.5. The molecule has 3 aliphatic rings. The van der Waals surface area contributed by atoms with Gasteiger partial charge in [-0.1, -0.05) is 12.2 Å². The van der Waals surface area contributed by atoms with E-state index in [9.17, 15) is 30.0 Å². The molecule has 0 aromatic carbocycles. The molecule has 2 fully saturated rings. The molecule has 2 saturated heterocycles. The number of aliphatic hydroxyl groups is 5. The van der Waals surface area contributed by atoms with Gasteiger partial charge >= 0.3 is 0 Å². The second-order valence-electron chi connectivity index (χ2n) is 5.98. The minimum atomic E-state index is -1.86. The van der Waals surface area contributed by atoms with Crippen LogP contribution in [0.2, 0.25) is 0 Å². The monoisotopic (exact) mass is 342 g/mol. The second kappa shape index (κ2) is 6.31. The molecule has 132 valence electrons. The van der Waals surface area contributed by atoms with Crippen molar-refractivity contribution in [3.8, 4) is 0 Å². The maximum absolute atomic E-state index is 12.3. The Hall–Kier alpha value is -1.69. The van der Waals surface area contributed by atoms with Crippen molar-refractivity contribution < 1.29 is 39.9 Å². The number of carbonyl (C=O) groups excluding carboxylic acids is 2. The van der Waals surface area contributed by atoms with Crippen LogP contribution in [0.25, 0.3) is 0 Å². The Morgan fingerprint density at radius 1 is 1.08 bits per heavy atom. The number of hydrogen-bond donors (Lipinski definition) is 5. The third-order valence-electron chi connectivity index (χ3n) is 4.50. The van der Waals surface area contributed by atoms with Gasteiger partial charge in [0.05, 0.1) is 36.9 Å². The topological polar surface area (TPSA) is 160 Å². The van der Waals surface area contributed by atoms with Gasteiger partial charge in [0.2, 0.25) is 0 Å². The number of amides is 2. The Morgan fingerprint density at radius 3 is 2.12 bits per heavy atom. The lowest BCUT2D eigenvalue weighted by Gasteiger charge is -2.23. The molecule has 3 rings (SSSR count). The summed E-state index contributed by atoms with van der Waals surface area (Å²) in [4.78, 5) is 24.5. The maximum Gasteiger partial charge on any atom is 0.256 e. The van der Waals surface area contributed by atoms with Crippen LogP contribution in [-0.4, -0.2) is 91.8 Å². The highest BCUT2D eigenvalue weighted by Crippen LogP contribution is 2.45. The van der Waals surface area contributed by atoms with Crippen molar-refractivity contribution in [2.24, 2.45) is 16.9 Å². The predicted molar refractivity (Wildman–Crippen MR) is 76.2 cm³/mol. The lowest BCUT2D eigenvalue weighted by molar-refractivity contribution is -0.142. The Morgan fingerprint density at radius 2 is 1.62 bits per heavy atom. The molecule has 10 heteroatoms. The minimum absolute atomic E-state index is 0.464. The molecule has 2 amide bonds. The Labute approximate surface area is 136 Å². The number of ether oxygens (including phenoxy) is 1. The van der Waals surface area contributed by atoms with Gasteiger partial charge in [-0.3, -0.25) is 9.59 Å². The molecule has 10 nitrogen and oxygen atoms in total. The van der Waals surface area contributed by atoms with E-state index < -0.39 is 66.9 Å². The number of aliphatic hydroxyl groups excluding tert-OH is 5. The smallest absolute Gasteiger partial charge is 0.256 e. The quantitative estimate of drug-likeness (QED) is 0.188. The highest BCUT2D eigenvalue weighted by molar-refractivity contribution is 6.06. The molecule has 3 aliphatic heterocycles. The van der Waals surface area contributed by atoms with Crippen molar-refractivity contribution >= 4 is 18.0 Å². The van der Waals surface area contributed by atoms with Gasteiger partial charge in [-0.15, -0.1) is 0 Å². The van der Waals surface area contributed by atoms with E-state index in [1.807, 2.05) is 0 Å². The average molecular weight is 342 g/mol. The van der Waals surface area contributed by atoms with Crippen LogP contribution in [0.4, 0.5) is 0 Å². The fourth-order valence-corrected chi connectivity index (χ4v) is 3.16. The molecule has 0 aromatic rings. The van der Waals surface area contributed by atoms with Gasteiger partial charge in [0.1, 0.15) is 24.4 Å². The minimum Gasteiger partial charge on any atom is -0.394 e. The van der Waals surface area contributed by atoms with Gasteiger partial charge < -0.3 is 30.3 Å². The Bertz CT molecular complexity index is 563. The number of imide groups is 1. The molecule has 3 heterocycles. The largest absolute Gasteiger partial charge is 0.394 e. The van der Waals surface area contributed by atoms with E-state index in [1.54, 1.807) is 12.2 Å². The van der Waals surface area contributed by atoms with E-state index >= 15 is 0 Å². The van der Waals surface area contributed by atoms with Crippen LogP contribution < -0.4 is 0 Å². The lowest BCUT2D eigenvalue weighted by Crippen LogP contribution is -2.46. The zero-order chi connectivity index (χ0) is 17.6. The number of rotatable bonds is 6. The standard InChI is InChI=1S/C14H18N2O8/c17-4-6(19)12(21)11(20)5(18)3-15-16-13(22)9-7-1-2-8(24-7)10(9)14(16)23/h1-3,5-12,17-21H,4H2/b15-3-/t5-,6+,7+,8+,9+,10+,11-,12+/m0/s1. The molecular weight excluding hydrogens is 324 g/mol. The number of carbonyl (C=O) groups is 2. The summed E-state index contributed by atoms with van der Waals surface area (Å²) in [6.07, 6.45) is -3.86. The highest BCUT2D eigenvalue weighted by Gasteiger charge is 2.61. The molecule has 0 spiro atoms. The van der Waals surface area contributed by atoms with Crippen molar-refractivity contribution in [3.05, 3.63) is 12.2 Å². The molecule has 0 unspecified atom stereocenters. The molecule has 24 heavy (non-hydrogen) atoms. The number of fused-ring (bicyclic) bond motifs is 5. The van der Waals surface area contributed by atoms with E-state index in [0.29, 0.717) is 5.01 Å². The Kier molecular flexibility index (Phi) is 4.51. The summed E-state index contributed by atoms with van der Waals surface area (Å²) in [7, 11) is 0. The maximum atomic E-state index is 12.3. The summed E-state index contributed by atoms with van der Waals surface area (Å²) in [6, 6.07) is 0. The van der Waals surface area contributed by atoms with Crippen LogP contribution in [0.3, 0.4) is 0 Å². The molecule has 0 radical (unpaired) electrons. The van der Waals surface area contributed by atoms with E-state index in [4.69, 9.17) is 9.84 Å². The zero-order valence-electron chi connectivity index (χ0n) is 12.4. The van der Waals surface area contributed by atoms with Gasteiger partial charge in [0.15, 0.2) is 0 Å². The van der Waals surface area contributed by atoms with Crippen molar-refractivity contribution in [3.63, 3.8) is 0 Å². The highest BCUT2D eigenvalue weighted by atomic mass is 16.5. The molecule has 2 bridgehead atoms. The van der Waals surface area contributed by atoms with Gasteiger partial charge in [-0.25, -0.2) is 0 Å². The van der Waals surface area contributed by atoms with Gasteiger partial charge in [0.25, 0.3) is 11.8 Å². The van der Waals surface area contributed by atoms with Gasteiger partial charge in [-0.2, -0.15) is 10.1 Å². The van der Waals surface area contributed by atoms with Crippen LogP contribution >= 0.6 is 0 Å². The lowest BCUT2D eigenvalue weighted by atomic mass is 9.85. The Balaban J connectivity index is 1.67. The van der Waals surface area contributed by atoms with Crippen molar-refractivity contribution in [1.29, 1.82) is 0 Å². The fourth-order valence-electron chi connectivity index (χ4n) is 3.16. The predicted octanol–water partition coefficient (Wildman–Crippen LogP) is -3.65. The third-order valence-corrected chi connectivity index (χ3v) is 4.50. The molecule has 0 saturated carbocycles. The van der Waals surface area contributed by atoms with Crippen molar-refractivity contribution in [2.75, 3.05) is 6.61 Å². The molecule has 8 atom stereocenters. The molecule has 5 N–H and O–H groups in total. The summed E-state index contributed by atoms with van der Waals surface area (Å²) >= 11 is 0. The zero-order valence-corrected chi connectivity index (χ0v) is 12.4. The summed E-state index contributed by atoms with van der Waals surface area (Å²) in [5, 5.41) is 51.1. The SMILES string of the molecule is O=C1[C@H]2[C@H](C(=O)N1/N=C\[C@H](O)[C@H](O)[C@H](O)[C@H](O)CO)[C@H]1C=C[C@H]2O1. The second-order valence-corrected chi connectivity index (χ2v) is 5.98. The first-order chi connectivity index (χ1) is 11.4. The number of nitrogens with zero attached hydrogens (tertiary/aromatic N) is 2. The molecule has 0 aromatic heterocycles. The van der Waals surface area contributed by atoms with Crippen molar-refractivity contribution in [2.45, 2.75) is 36.6 Å². The molecule has 0 aliphatic carbocycles. The van der Waals surface area contributed by atoms with E-state index in [0.717, 1.165) is 6.21 Å². The van der Waals surface area contributed by atoms with Gasteiger partial charge in [-0.05, 0) is 0 Å². The first-order valence-electron chi connectivity index (χ1n) is 7.45. The van der Waals surface area contributed by atoms with Crippen LogP contribution in [0.5, 0.6) is 0 Å². The number of hydrogen-bond acceptors (Lipinski definition) is 9. The van der Waals surface area contributed by atoms with Crippen molar-refractivity contribution in [1.82, 2.24) is 5.01 Å². The van der Waals surface area contributed by atoms with Crippen LogP contribution in [0.1, 0.15) is 0 Å². The summed E-state index contributed by atoms with van der Waals surface area (Å²) in [5.74, 6) is -2.41. The van der Waals surface area contributed by atoms with Crippen LogP contribution in [0.15, 0.2) is 17.3 Å². The first-order valence-corrected chi connectivity index (χ1v) is 7.45. The van der Waals surface area contributed by atoms with Crippen LogP contribution in [-0.2, 0) is 14.3 Å². The fraction of sp³-hybridized carbons (Fsp3) is 0.643. The van der Waals surface area contributed by atoms with E-state index in [1.165, 1.54) is 0 Å². The molecular formula is C14H18N2O8. The summed E-state index contributed by atoms with van der Waals surface area (Å²) in [5.41, 5.74) is 0. The van der Waals surface area contributed by atoms with E-state index in [2.05, 4.69) is 5.10 Å². The summed E-state index contributed by atoms with van der Waals surface area (Å²) < 4.78 is 5.46. The van der Waals surface area contributed by atoms with E-state index in [-0.39, 0.29) is 0 Å². The summed E-state index contributed by atoms with van der Waals surface area (Å²) in [6.45, 7) is -0.815. The average Bonchev–Trinajstić information content (AvgIpc) is 3.25. The number of hydrazone groups is 1. The van der Waals surface area contributed by atoms with Gasteiger partial charge in [0, 0.05) is 0 Å².